The fourth-order valence-corrected chi connectivity index (χ4v) is 7.19. The van der Waals surface area contributed by atoms with Crippen molar-refractivity contribution in [3.8, 4) is 0 Å². The molecule has 0 spiro atoms. The monoisotopic (exact) mass is 523 g/mol. The molecule has 0 saturated carbocycles. The van der Waals surface area contributed by atoms with E-state index in [2.05, 4.69) is 6.07 Å². The molecule has 3 aromatic carbocycles. The molecule has 1 atom stereocenters. The summed E-state index contributed by atoms with van der Waals surface area (Å²) in [7, 11) is -3.97. The molecule has 2 heterocycles. The molecule has 1 aliphatic rings. The van der Waals surface area contributed by atoms with Gasteiger partial charge in [-0.25, -0.2) is 17.8 Å². The minimum absolute atomic E-state index is 0.0239. The number of halogens is 1. The van der Waals surface area contributed by atoms with Crippen molar-refractivity contribution in [1.82, 2.24) is 9.29 Å². The van der Waals surface area contributed by atoms with Crippen molar-refractivity contribution >= 4 is 42.6 Å². The molecule has 186 valence electrons. The van der Waals surface area contributed by atoms with Gasteiger partial charge in [0.25, 0.3) is 0 Å². The summed E-state index contributed by atoms with van der Waals surface area (Å²) in [5.74, 6) is -0.826. The van der Waals surface area contributed by atoms with Crippen LogP contribution in [0.2, 0.25) is 0 Å². The minimum atomic E-state index is -3.97. The van der Waals surface area contributed by atoms with Gasteiger partial charge in [0.1, 0.15) is 11.9 Å². The molecule has 0 radical (unpaired) electrons. The number of hydrogen-bond acceptors (Lipinski definition) is 5. The van der Waals surface area contributed by atoms with Crippen LogP contribution in [0.5, 0.6) is 0 Å². The smallest absolute Gasteiger partial charge is 0.247 e. The number of aryl methyl sites for hydroxylation is 2. The summed E-state index contributed by atoms with van der Waals surface area (Å²) >= 11 is 1.43. The van der Waals surface area contributed by atoms with Crippen LogP contribution in [-0.4, -0.2) is 36.2 Å². The molecule has 1 unspecified atom stereocenters. The summed E-state index contributed by atoms with van der Waals surface area (Å²) < 4.78 is 42.5. The average molecular weight is 524 g/mol. The summed E-state index contributed by atoms with van der Waals surface area (Å²) in [5, 5.41) is 0.537. The zero-order chi connectivity index (χ0) is 25.4. The SMILES string of the molecule is Cc1cc2nc(N(Cc3ccccc3)C(=O)C3CCCN3S(=O)(=O)c3ccc(F)cc3)sc2cc1C. The Hall–Kier alpha value is -3.14. The van der Waals surface area contributed by atoms with Crippen LogP contribution in [0.25, 0.3) is 10.2 Å². The van der Waals surface area contributed by atoms with E-state index in [1.54, 1.807) is 4.90 Å². The van der Waals surface area contributed by atoms with Crippen molar-refractivity contribution in [2.24, 2.45) is 0 Å². The van der Waals surface area contributed by atoms with Crippen molar-refractivity contribution in [1.29, 1.82) is 0 Å². The van der Waals surface area contributed by atoms with Gasteiger partial charge < -0.3 is 0 Å². The first-order valence-corrected chi connectivity index (χ1v) is 14.0. The van der Waals surface area contributed by atoms with Gasteiger partial charge in [0.2, 0.25) is 15.9 Å². The first kappa shape index (κ1) is 24.5. The highest BCUT2D eigenvalue weighted by atomic mass is 32.2. The third kappa shape index (κ3) is 4.66. The van der Waals surface area contributed by atoms with Crippen LogP contribution in [0.15, 0.2) is 71.6 Å². The Kier molecular flexibility index (Phi) is 6.63. The van der Waals surface area contributed by atoms with Crippen LogP contribution in [0.1, 0.15) is 29.5 Å². The zero-order valence-electron chi connectivity index (χ0n) is 20.0. The Labute approximate surface area is 214 Å². The quantitative estimate of drug-likeness (QED) is 0.338. The predicted octanol–water partition coefficient (Wildman–Crippen LogP) is 5.44. The third-order valence-corrected chi connectivity index (χ3v) is 9.55. The second-order valence-electron chi connectivity index (χ2n) is 9.04. The minimum Gasteiger partial charge on any atom is -0.282 e. The van der Waals surface area contributed by atoms with Gasteiger partial charge in [-0.05, 0) is 79.8 Å². The number of benzene rings is 3. The number of fused-ring (bicyclic) bond motifs is 1. The predicted molar refractivity (Wildman–Crippen MR) is 140 cm³/mol. The highest BCUT2D eigenvalue weighted by Crippen LogP contribution is 2.34. The molecule has 1 amide bonds. The van der Waals surface area contributed by atoms with Crippen LogP contribution in [0, 0.1) is 19.7 Å². The normalized spacial score (nSPS) is 16.5. The van der Waals surface area contributed by atoms with E-state index >= 15 is 0 Å². The molecule has 1 saturated heterocycles. The van der Waals surface area contributed by atoms with Gasteiger partial charge in [-0.3, -0.25) is 9.69 Å². The zero-order valence-corrected chi connectivity index (χ0v) is 21.7. The number of rotatable bonds is 6. The van der Waals surface area contributed by atoms with E-state index in [1.165, 1.54) is 27.8 Å². The maximum absolute atomic E-state index is 14.0. The molecule has 6 nitrogen and oxygen atoms in total. The second kappa shape index (κ2) is 9.72. The number of aromatic nitrogens is 1. The fourth-order valence-electron chi connectivity index (χ4n) is 4.49. The second-order valence-corrected chi connectivity index (χ2v) is 11.9. The number of sulfonamides is 1. The molecular formula is C27H26FN3O3S2. The van der Waals surface area contributed by atoms with Gasteiger partial charge in [-0.1, -0.05) is 41.7 Å². The van der Waals surface area contributed by atoms with Gasteiger partial charge in [0.05, 0.1) is 21.7 Å². The number of amides is 1. The van der Waals surface area contributed by atoms with E-state index in [9.17, 15) is 17.6 Å². The highest BCUT2D eigenvalue weighted by molar-refractivity contribution is 7.89. The summed E-state index contributed by atoms with van der Waals surface area (Å²) in [6.07, 6.45) is 0.974. The van der Waals surface area contributed by atoms with Gasteiger partial charge in [0, 0.05) is 6.54 Å². The fraction of sp³-hybridized carbons (Fsp3) is 0.259. The Morgan fingerprint density at radius 3 is 2.50 bits per heavy atom. The maximum atomic E-state index is 14.0. The number of nitrogens with zero attached hydrogens (tertiary/aromatic N) is 3. The van der Waals surface area contributed by atoms with Gasteiger partial charge in [-0.15, -0.1) is 0 Å². The van der Waals surface area contributed by atoms with Crippen molar-refractivity contribution in [3.05, 3.63) is 89.2 Å². The molecule has 1 aromatic heterocycles. The van der Waals surface area contributed by atoms with Crippen LogP contribution < -0.4 is 4.90 Å². The molecule has 5 rings (SSSR count). The molecule has 0 aliphatic carbocycles. The van der Waals surface area contributed by atoms with Gasteiger partial charge in [0.15, 0.2) is 5.13 Å². The Morgan fingerprint density at radius 2 is 1.78 bits per heavy atom. The van der Waals surface area contributed by atoms with Crippen LogP contribution in [-0.2, 0) is 21.4 Å². The van der Waals surface area contributed by atoms with E-state index in [0.717, 1.165) is 39.0 Å². The molecule has 4 aromatic rings. The van der Waals surface area contributed by atoms with Gasteiger partial charge in [-0.2, -0.15) is 4.31 Å². The number of carbonyl (C=O) groups excluding carboxylic acids is 1. The number of hydrogen-bond donors (Lipinski definition) is 0. The van der Waals surface area contributed by atoms with Crippen LogP contribution in [0.3, 0.4) is 0 Å². The van der Waals surface area contributed by atoms with Crippen LogP contribution >= 0.6 is 11.3 Å². The highest BCUT2D eigenvalue weighted by Gasteiger charge is 2.42. The lowest BCUT2D eigenvalue weighted by Crippen LogP contribution is -2.47. The van der Waals surface area contributed by atoms with Crippen molar-refractivity contribution < 1.29 is 17.6 Å². The standard InChI is InChI=1S/C27H26FN3O3S2/c1-18-15-23-25(16-19(18)2)35-27(29-23)30(17-20-7-4-3-5-8-20)26(32)24-9-6-14-31(24)36(33,34)22-12-10-21(28)11-13-22/h3-5,7-8,10-13,15-16,24H,6,9,14,17H2,1-2H3. The molecule has 1 fully saturated rings. The Balaban J connectivity index is 1.53. The lowest BCUT2D eigenvalue weighted by Gasteiger charge is -2.28. The molecule has 9 heteroatoms. The lowest BCUT2D eigenvalue weighted by molar-refractivity contribution is -0.121. The van der Waals surface area contributed by atoms with Crippen molar-refractivity contribution in [2.45, 2.75) is 44.2 Å². The molecule has 36 heavy (non-hydrogen) atoms. The summed E-state index contributed by atoms with van der Waals surface area (Å²) in [6.45, 7) is 4.57. The van der Waals surface area contributed by atoms with E-state index in [1.807, 2.05) is 50.2 Å². The summed E-state index contributed by atoms with van der Waals surface area (Å²) in [6, 6.07) is 17.5. The Bertz CT molecular complexity index is 1480. The van der Waals surface area contributed by atoms with E-state index in [-0.39, 0.29) is 23.9 Å². The largest absolute Gasteiger partial charge is 0.282 e. The number of anilines is 1. The van der Waals surface area contributed by atoms with E-state index in [4.69, 9.17) is 4.98 Å². The molecule has 0 bridgehead atoms. The average Bonchev–Trinajstić information content (AvgIpc) is 3.51. The molecule has 1 aliphatic heterocycles. The van der Waals surface area contributed by atoms with E-state index in [0.29, 0.717) is 18.0 Å². The summed E-state index contributed by atoms with van der Waals surface area (Å²) in [4.78, 5) is 20.4. The first-order chi connectivity index (χ1) is 17.2. The number of carbonyl (C=O) groups is 1. The topological polar surface area (TPSA) is 70.6 Å². The lowest BCUT2D eigenvalue weighted by atomic mass is 10.1. The number of thiazole rings is 1. The molecular weight excluding hydrogens is 497 g/mol. The van der Waals surface area contributed by atoms with Crippen molar-refractivity contribution in [2.75, 3.05) is 11.4 Å². The Morgan fingerprint density at radius 1 is 1.08 bits per heavy atom. The third-order valence-electron chi connectivity index (χ3n) is 6.58. The van der Waals surface area contributed by atoms with E-state index < -0.39 is 21.9 Å². The summed E-state index contributed by atoms with van der Waals surface area (Å²) in [5.41, 5.74) is 3.99. The van der Waals surface area contributed by atoms with Crippen LogP contribution in [0.4, 0.5) is 9.52 Å². The van der Waals surface area contributed by atoms with Crippen molar-refractivity contribution in [3.63, 3.8) is 0 Å². The maximum Gasteiger partial charge on any atom is 0.247 e. The molecule has 0 N–H and O–H groups in total. The van der Waals surface area contributed by atoms with Gasteiger partial charge >= 0.3 is 0 Å². The first-order valence-electron chi connectivity index (χ1n) is 11.7.